The van der Waals surface area contributed by atoms with Gasteiger partial charge < -0.3 is 19.7 Å². The van der Waals surface area contributed by atoms with Crippen LogP contribution in [0.25, 0.3) is 0 Å². The van der Waals surface area contributed by atoms with Crippen LogP contribution in [0.3, 0.4) is 0 Å². The predicted molar refractivity (Wildman–Crippen MR) is 119 cm³/mol. The second-order valence-corrected chi connectivity index (χ2v) is 9.39. The van der Waals surface area contributed by atoms with Crippen molar-refractivity contribution in [2.45, 2.75) is 71.6 Å². The lowest BCUT2D eigenvalue weighted by atomic mass is 9.95. The topological polar surface area (TPSA) is 109 Å². The highest BCUT2D eigenvalue weighted by Crippen LogP contribution is 2.28. The average molecular weight is 485 g/mol. The number of carboxylic acids is 1. The first-order valence-corrected chi connectivity index (χ1v) is 11.0. The summed E-state index contributed by atoms with van der Waals surface area (Å²) >= 11 is 0. The van der Waals surface area contributed by atoms with E-state index in [4.69, 9.17) is 19.3 Å². The summed E-state index contributed by atoms with van der Waals surface area (Å²) in [6.07, 6.45) is 0.335. The first kappa shape index (κ1) is 27.1. The van der Waals surface area contributed by atoms with Gasteiger partial charge in [0.2, 0.25) is 0 Å². The van der Waals surface area contributed by atoms with Crippen molar-refractivity contribution in [3.8, 4) is 0 Å². The first-order valence-electron chi connectivity index (χ1n) is 11.0. The number of aromatic nitrogens is 2. The normalized spacial score (nSPS) is 16.3. The maximum Gasteiger partial charge on any atom is 0.490 e. The van der Waals surface area contributed by atoms with E-state index in [9.17, 15) is 18.0 Å². The van der Waals surface area contributed by atoms with Crippen molar-refractivity contribution < 1.29 is 32.3 Å². The van der Waals surface area contributed by atoms with Gasteiger partial charge in [0.05, 0.1) is 12.8 Å². The molecule has 34 heavy (non-hydrogen) atoms. The van der Waals surface area contributed by atoms with Crippen molar-refractivity contribution in [1.29, 1.82) is 0 Å². The molecule has 1 atom stereocenters. The van der Waals surface area contributed by atoms with Gasteiger partial charge in [-0.1, -0.05) is 34.6 Å². The summed E-state index contributed by atoms with van der Waals surface area (Å²) in [5, 5.41) is 10.4. The summed E-state index contributed by atoms with van der Waals surface area (Å²) < 4.78 is 37.1. The van der Waals surface area contributed by atoms with Gasteiger partial charge >= 0.3 is 12.1 Å². The number of halogens is 3. The molecule has 1 fully saturated rings. The first-order chi connectivity index (χ1) is 15.7. The quantitative estimate of drug-likeness (QED) is 0.623. The molecule has 0 aliphatic carbocycles. The lowest BCUT2D eigenvalue weighted by Crippen LogP contribution is -2.39. The molecular formula is C23H31F3N4O4. The molecule has 3 rings (SSSR count). The van der Waals surface area contributed by atoms with Crippen LogP contribution < -0.4 is 5.32 Å². The van der Waals surface area contributed by atoms with Crippen molar-refractivity contribution in [2.75, 3.05) is 11.9 Å². The molecule has 0 bridgehead atoms. The summed E-state index contributed by atoms with van der Waals surface area (Å²) in [5.41, 5.74) is 0.332. The number of rotatable bonds is 5. The molecule has 188 valence electrons. The van der Waals surface area contributed by atoms with Gasteiger partial charge in [-0.05, 0) is 30.9 Å². The number of anilines is 1. The number of alkyl halides is 3. The Morgan fingerprint density at radius 3 is 2.44 bits per heavy atom. The van der Waals surface area contributed by atoms with Crippen LogP contribution >= 0.6 is 0 Å². The molecule has 1 aliphatic rings. The molecule has 2 N–H and O–H groups in total. The molecule has 0 radical (unpaired) electrons. The van der Waals surface area contributed by atoms with Crippen LogP contribution in [0.2, 0.25) is 0 Å². The second kappa shape index (κ2) is 10.9. The highest BCUT2D eigenvalue weighted by Gasteiger charge is 2.38. The zero-order valence-corrected chi connectivity index (χ0v) is 19.9. The number of aliphatic carboxylic acids is 1. The van der Waals surface area contributed by atoms with Gasteiger partial charge in [-0.15, -0.1) is 0 Å². The van der Waals surface area contributed by atoms with Gasteiger partial charge in [0.25, 0.3) is 5.91 Å². The van der Waals surface area contributed by atoms with Gasteiger partial charge in [-0.2, -0.15) is 13.2 Å². The number of likely N-dealkylation sites (tertiary alicyclic amines) is 1. The van der Waals surface area contributed by atoms with Crippen molar-refractivity contribution in [2.24, 2.45) is 5.92 Å². The maximum atomic E-state index is 13.3. The highest BCUT2D eigenvalue weighted by atomic mass is 19.4. The minimum absolute atomic E-state index is 0.00797. The number of hydrogen-bond acceptors (Lipinski definition) is 6. The highest BCUT2D eigenvalue weighted by molar-refractivity contribution is 5.98. The number of furan rings is 1. The average Bonchev–Trinajstić information content (AvgIpc) is 3.42. The third-order valence-corrected chi connectivity index (χ3v) is 5.27. The fraction of sp³-hybridized carbons (Fsp3) is 0.565. The van der Waals surface area contributed by atoms with Crippen molar-refractivity contribution >= 4 is 17.7 Å². The minimum atomic E-state index is -5.08. The smallest absolute Gasteiger partial charge is 0.475 e. The number of carbonyl (C=O) groups excluding carboxylic acids is 1. The van der Waals surface area contributed by atoms with E-state index in [-0.39, 0.29) is 17.4 Å². The molecule has 2 aromatic rings. The lowest BCUT2D eigenvalue weighted by molar-refractivity contribution is -0.192. The van der Waals surface area contributed by atoms with E-state index in [0.29, 0.717) is 29.7 Å². The van der Waals surface area contributed by atoms with Gasteiger partial charge in [0.1, 0.15) is 23.0 Å². The van der Waals surface area contributed by atoms with Crippen molar-refractivity contribution in [3.63, 3.8) is 0 Å². The Balaban J connectivity index is 0.000000509. The zero-order chi connectivity index (χ0) is 25.7. The molecule has 1 amide bonds. The number of carboxylic acid groups (broad SMARTS) is 1. The molecule has 1 aliphatic heterocycles. The second-order valence-electron chi connectivity index (χ2n) is 9.39. The van der Waals surface area contributed by atoms with E-state index < -0.39 is 12.1 Å². The molecule has 8 nitrogen and oxygen atoms in total. The largest absolute Gasteiger partial charge is 0.490 e. The molecule has 0 saturated carbocycles. The van der Waals surface area contributed by atoms with Gasteiger partial charge in [0, 0.05) is 24.2 Å². The number of amides is 1. The molecule has 1 unspecified atom stereocenters. The molecule has 11 heteroatoms. The van der Waals surface area contributed by atoms with Crippen LogP contribution in [-0.4, -0.2) is 50.6 Å². The maximum absolute atomic E-state index is 13.3. The lowest BCUT2D eigenvalue weighted by Gasteiger charge is -2.28. The fourth-order valence-electron chi connectivity index (χ4n) is 3.51. The van der Waals surface area contributed by atoms with Crippen molar-refractivity contribution in [3.05, 3.63) is 41.7 Å². The molecule has 2 aromatic heterocycles. The zero-order valence-electron chi connectivity index (χ0n) is 19.9. The SMILES string of the molecule is CC(C)C1CCCN1C(=O)c1cnc(C(C)(C)C)nc1NCc1ccco1.O=C(O)C(F)(F)F. The number of carbonyl (C=O) groups is 2. The van der Waals surface area contributed by atoms with E-state index in [1.165, 1.54) is 0 Å². The standard InChI is InChI=1S/C21H30N4O2.C2HF3O2/c1-14(2)17-9-6-10-25(17)19(26)16-13-23-20(21(3,4)5)24-18(16)22-12-15-8-7-11-27-15;3-2(4,5)1(6)7/h7-8,11,13-14,17H,6,9-10,12H2,1-5H3,(H,22,23,24);(H,6,7). The Labute approximate surface area is 196 Å². The predicted octanol–water partition coefficient (Wildman–Crippen LogP) is 4.87. The number of nitrogens with zero attached hydrogens (tertiary/aromatic N) is 3. The molecule has 3 heterocycles. The Bertz CT molecular complexity index is 970. The Morgan fingerprint density at radius 1 is 1.29 bits per heavy atom. The van der Waals surface area contributed by atoms with Crippen LogP contribution in [0, 0.1) is 5.92 Å². The Kier molecular flexibility index (Phi) is 8.68. The number of hydrogen-bond donors (Lipinski definition) is 2. The molecular weight excluding hydrogens is 453 g/mol. The molecule has 1 saturated heterocycles. The van der Waals surface area contributed by atoms with Crippen LogP contribution in [0.1, 0.15) is 69.4 Å². The van der Waals surface area contributed by atoms with Crippen LogP contribution in [0.5, 0.6) is 0 Å². The van der Waals surface area contributed by atoms with Gasteiger partial charge in [-0.25, -0.2) is 14.8 Å². The van der Waals surface area contributed by atoms with Crippen LogP contribution in [-0.2, 0) is 16.8 Å². The van der Waals surface area contributed by atoms with E-state index in [1.54, 1.807) is 12.5 Å². The summed E-state index contributed by atoms with van der Waals surface area (Å²) in [5.74, 6) is -0.231. The third-order valence-electron chi connectivity index (χ3n) is 5.27. The third kappa shape index (κ3) is 7.19. The molecule has 0 aromatic carbocycles. The number of nitrogens with one attached hydrogen (secondary N) is 1. The van der Waals surface area contributed by atoms with Crippen LogP contribution in [0.15, 0.2) is 29.0 Å². The summed E-state index contributed by atoms with van der Waals surface area (Å²) in [7, 11) is 0. The Morgan fingerprint density at radius 2 is 1.94 bits per heavy atom. The monoisotopic (exact) mass is 484 g/mol. The van der Waals surface area contributed by atoms with Gasteiger partial charge in [-0.3, -0.25) is 4.79 Å². The van der Waals surface area contributed by atoms with E-state index in [2.05, 4.69) is 44.9 Å². The van der Waals surface area contributed by atoms with Crippen molar-refractivity contribution in [1.82, 2.24) is 14.9 Å². The Hall–Kier alpha value is -3.11. The summed E-state index contributed by atoms with van der Waals surface area (Å²) in [6, 6.07) is 4.02. The molecule has 0 spiro atoms. The minimum Gasteiger partial charge on any atom is -0.475 e. The van der Waals surface area contributed by atoms with E-state index >= 15 is 0 Å². The summed E-state index contributed by atoms with van der Waals surface area (Å²) in [6.45, 7) is 11.8. The van der Waals surface area contributed by atoms with E-state index in [1.807, 2.05) is 17.0 Å². The summed E-state index contributed by atoms with van der Waals surface area (Å²) in [4.78, 5) is 33.4. The van der Waals surface area contributed by atoms with Gasteiger partial charge in [0.15, 0.2) is 0 Å². The van der Waals surface area contributed by atoms with E-state index in [0.717, 1.165) is 25.1 Å². The van der Waals surface area contributed by atoms with Crippen LogP contribution in [0.4, 0.5) is 19.0 Å². The fourth-order valence-corrected chi connectivity index (χ4v) is 3.51.